The zero-order valence-corrected chi connectivity index (χ0v) is 10.6. The Morgan fingerprint density at radius 2 is 1.58 bits per heavy atom. The molecule has 0 N–H and O–H groups in total. The van der Waals surface area contributed by atoms with Crippen molar-refractivity contribution in [2.75, 3.05) is 13.2 Å². The highest BCUT2D eigenvalue weighted by molar-refractivity contribution is 5.03. The number of hydrogen-bond donors (Lipinski definition) is 0. The van der Waals surface area contributed by atoms with Gasteiger partial charge in [-0.25, -0.2) is 4.39 Å². The number of rotatable bonds is 2. The maximum atomic E-state index is 13.4. The lowest BCUT2D eigenvalue weighted by Gasteiger charge is -2.35. The lowest BCUT2D eigenvalue weighted by Crippen LogP contribution is -2.34. The van der Waals surface area contributed by atoms with Crippen LogP contribution in [-0.2, 0) is 9.47 Å². The van der Waals surface area contributed by atoms with E-state index in [0.29, 0.717) is 38.9 Å². The molecule has 2 rings (SSSR count). The summed E-state index contributed by atoms with van der Waals surface area (Å²) < 4.78 is 60.6. The van der Waals surface area contributed by atoms with Gasteiger partial charge in [0.25, 0.3) is 0 Å². The minimum absolute atomic E-state index is 0.176. The molecule has 0 amide bonds. The summed E-state index contributed by atoms with van der Waals surface area (Å²) in [6, 6.07) is 0. The van der Waals surface area contributed by atoms with Gasteiger partial charge < -0.3 is 9.47 Å². The van der Waals surface area contributed by atoms with Gasteiger partial charge in [-0.1, -0.05) is 0 Å². The Kier molecular flexibility index (Phi) is 4.84. The summed E-state index contributed by atoms with van der Waals surface area (Å²) in [5.74, 6) is -1.48. The average molecular weight is 282 g/mol. The Labute approximate surface area is 109 Å². The van der Waals surface area contributed by atoms with Gasteiger partial charge in [-0.15, -0.1) is 0 Å². The van der Waals surface area contributed by atoms with Gasteiger partial charge in [0.15, 0.2) is 6.29 Å². The third-order valence-corrected chi connectivity index (χ3v) is 3.70. The predicted octanol–water partition coefficient (Wildman–Crippen LogP) is 3.97. The standard InChI is InChI=1S/C13H18F4O2/c14-11(8-13(15,16)17)9-2-4-10(5-3-9)12-18-6-1-7-19-12/h8-10,12H,1-7H2/b11-8-. The maximum Gasteiger partial charge on any atom is 0.412 e. The number of ether oxygens (including phenoxy) is 2. The molecule has 0 atom stereocenters. The summed E-state index contributed by atoms with van der Waals surface area (Å²) in [6.45, 7) is 1.32. The van der Waals surface area contributed by atoms with Crippen LogP contribution in [0.4, 0.5) is 17.6 Å². The Morgan fingerprint density at radius 3 is 2.11 bits per heavy atom. The van der Waals surface area contributed by atoms with Crippen molar-refractivity contribution in [2.45, 2.75) is 44.6 Å². The topological polar surface area (TPSA) is 18.5 Å². The SMILES string of the molecule is F/C(=C\C(F)(F)F)C1CCC(C2OCCCO2)CC1. The number of allylic oxidation sites excluding steroid dienone is 2. The first-order chi connectivity index (χ1) is 8.96. The van der Waals surface area contributed by atoms with E-state index < -0.39 is 17.9 Å². The highest BCUT2D eigenvalue weighted by Gasteiger charge is 2.33. The van der Waals surface area contributed by atoms with Crippen molar-refractivity contribution in [3.05, 3.63) is 11.9 Å². The fourth-order valence-electron chi connectivity index (χ4n) is 2.72. The van der Waals surface area contributed by atoms with Gasteiger partial charge in [-0.05, 0) is 32.1 Å². The highest BCUT2D eigenvalue weighted by Crippen LogP contribution is 2.38. The lowest BCUT2D eigenvalue weighted by atomic mass is 9.81. The Balaban J connectivity index is 1.83. The molecule has 2 fully saturated rings. The lowest BCUT2D eigenvalue weighted by molar-refractivity contribution is -0.210. The Morgan fingerprint density at radius 1 is 1.00 bits per heavy atom. The van der Waals surface area contributed by atoms with Crippen LogP contribution in [0.5, 0.6) is 0 Å². The normalized spacial score (nSPS) is 31.5. The molecule has 1 saturated heterocycles. The van der Waals surface area contributed by atoms with Crippen LogP contribution in [0.2, 0.25) is 0 Å². The van der Waals surface area contributed by atoms with E-state index in [1.807, 2.05) is 0 Å². The summed E-state index contributed by atoms with van der Waals surface area (Å²) in [4.78, 5) is 0. The van der Waals surface area contributed by atoms with Crippen LogP contribution >= 0.6 is 0 Å². The Bertz CT molecular complexity index is 313. The van der Waals surface area contributed by atoms with E-state index in [4.69, 9.17) is 9.47 Å². The van der Waals surface area contributed by atoms with Gasteiger partial charge in [0.1, 0.15) is 5.83 Å². The van der Waals surface area contributed by atoms with Crippen molar-refractivity contribution in [3.63, 3.8) is 0 Å². The van der Waals surface area contributed by atoms with Crippen molar-refractivity contribution in [2.24, 2.45) is 11.8 Å². The summed E-state index contributed by atoms with van der Waals surface area (Å²) in [5, 5.41) is 0. The smallest absolute Gasteiger partial charge is 0.352 e. The second-order valence-corrected chi connectivity index (χ2v) is 5.15. The molecule has 0 spiro atoms. The number of hydrogen-bond acceptors (Lipinski definition) is 2. The molecule has 1 saturated carbocycles. The summed E-state index contributed by atoms with van der Waals surface area (Å²) in [7, 11) is 0. The van der Waals surface area contributed by atoms with E-state index >= 15 is 0 Å². The summed E-state index contributed by atoms with van der Waals surface area (Å²) in [6.07, 6.45) is -2.04. The largest absolute Gasteiger partial charge is 0.412 e. The molecule has 0 aromatic rings. The molecule has 110 valence electrons. The molecule has 2 aliphatic rings. The molecule has 6 heteroatoms. The minimum Gasteiger partial charge on any atom is -0.352 e. The van der Waals surface area contributed by atoms with Gasteiger partial charge in [-0.3, -0.25) is 0 Å². The fraction of sp³-hybridized carbons (Fsp3) is 0.846. The Hall–Kier alpha value is -0.620. The van der Waals surface area contributed by atoms with Crippen molar-refractivity contribution in [1.82, 2.24) is 0 Å². The van der Waals surface area contributed by atoms with E-state index in [1.54, 1.807) is 0 Å². The van der Waals surface area contributed by atoms with E-state index in [9.17, 15) is 17.6 Å². The molecule has 19 heavy (non-hydrogen) atoms. The van der Waals surface area contributed by atoms with Crippen molar-refractivity contribution in [3.8, 4) is 0 Å². The third-order valence-electron chi connectivity index (χ3n) is 3.70. The van der Waals surface area contributed by atoms with Crippen LogP contribution in [0.1, 0.15) is 32.1 Å². The molecule has 0 radical (unpaired) electrons. The first-order valence-corrected chi connectivity index (χ1v) is 6.64. The molecule has 0 bridgehead atoms. The maximum absolute atomic E-state index is 13.4. The van der Waals surface area contributed by atoms with Crippen molar-refractivity contribution in [1.29, 1.82) is 0 Å². The van der Waals surface area contributed by atoms with Gasteiger partial charge in [0.2, 0.25) is 0 Å². The molecular formula is C13H18F4O2. The van der Waals surface area contributed by atoms with Crippen LogP contribution in [0.3, 0.4) is 0 Å². The zero-order chi connectivity index (χ0) is 13.9. The first kappa shape index (κ1) is 14.8. The van der Waals surface area contributed by atoms with Crippen LogP contribution in [0.25, 0.3) is 0 Å². The van der Waals surface area contributed by atoms with Gasteiger partial charge in [0.05, 0.1) is 19.3 Å². The quantitative estimate of drug-likeness (QED) is 0.713. The van der Waals surface area contributed by atoms with Crippen molar-refractivity contribution < 1.29 is 27.0 Å². The number of alkyl halides is 3. The first-order valence-electron chi connectivity index (χ1n) is 6.64. The molecular weight excluding hydrogens is 264 g/mol. The highest BCUT2D eigenvalue weighted by atomic mass is 19.4. The summed E-state index contributed by atoms with van der Waals surface area (Å²) in [5.41, 5.74) is 0. The van der Waals surface area contributed by atoms with Gasteiger partial charge >= 0.3 is 6.18 Å². The van der Waals surface area contributed by atoms with Crippen molar-refractivity contribution >= 4 is 0 Å². The molecule has 0 unspecified atom stereocenters. The molecule has 1 aliphatic heterocycles. The molecule has 0 aromatic heterocycles. The summed E-state index contributed by atoms with van der Waals surface area (Å²) >= 11 is 0. The third kappa shape index (κ3) is 4.45. The van der Waals surface area contributed by atoms with Gasteiger partial charge in [0, 0.05) is 11.8 Å². The second kappa shape index (κ2) is 6.22. The molecule has 0 aromatic carbocycles. The van der Waals surface area contributed by atoms with Gasteiger partial charge in [-0.2, -0.15) is 13.2 Å². The predicted molar refractivity (Wildman–Crippen MR) is 61.0 cm³/mol. The van der Waals surface area contributed by atoms with Crippen LogP contribution in [0.15, 0.2) is 11.9 Å². The average Bonchev–Trinajstić information content (AvgIpc) is 2.38. The second-order valence-electron chi connectivity index (χ2n) is 5.15. The number of halogens is 4. The monoisotopic (exact) mass is 282 g/mol. The fourth-order valence-corrected chi connectivity index (χ4v) is 2.72. The van der Waals surface area contributed by atoms with Crippen LogP contribution in [0, 0.1) is 11.8 Å². The van der Waals surface area contributed by atoms with E-state index in [1.165, 1.54) is 0 Å². The molecule has 1 heterocycles. The van der Waals surface area contributed by atoms with Crippen LogP contribution in [-0.4, -0.2) is 25.7 Å². The van der Waals surface area contributed by atoms with E-state index in [0.717, 1.165) is 6.42 Å². The van der Waals surface area contributed by atoms with E-state index in [2.05, 4.69) is 0 Å². The molecule has 1 aliphatic carbocycles. The van der Waals surface area contributed by atoms with E-state index in [-0.39, 0.29) is 18.3 Å². The molecule has 2 nitrogen and oxygen atoms in total. The zero-order valence-electron chi connectivity index (χ0n) is 10.6. The minimum atomic E-state index is -4.57. The van der Waals surface area contributed by atoms with Crippen LogP contribution < -0.4 is 0 Å².